The Kier molecular flexibility index (Phi) is 12.1. The Labute approximate surface area is 235 Å². The van der Waals surface area contributed by atoms with E-state index in [0.29, 0.717) is 6.61 Å². The molecule has 212 valence electrons. The zero-order chi connectivity index (χ0) is 28.2. The molecule has 3 aromatic rings. The average molecular weight is 571 g/mol. The minimum absolute atomic E-state index is 0.169. The number of rotatable bonds is 16. The van der Waals surface area contributed by atoms with Gasteiger partial charge in [-0.15, -0.1) is 0 Å². The highest BCUT2D eigenvalue weighted by Gasteiger charge is 2.50. The van der Waals surface area contributed by atoms with Gasteiger partial charge < -0.3 is 22.9 Å². The summed E-state index contributed by atoms with van der Waals surface area (Å²) in [5.74, 6) is 0. The van der Waals surface area contributed by atoms with Crippen LogP contribution in [0.1, 0.15) is 40.2 Å². The molecule has 0 aromatic heterocycles. The third-order valence-corrected chi connectivity index (χ3v) is 13.2. The van der Waals surface area contributed by atoms with Gasteiger partial charge in [-0.2, -0.15) is 0 Å². The quantitative estimate of drug-likeness (QED) is 0.147. The number of hydrogen-bond donors (Lipinski definition) is 0. The number of hydrogen-bond acceptors (Lipinski definition) is 6. The van der Waals surface area contributed by atoms with Crippen molar-refractivity contribution in [3.8, 4) is 0 Å². The highest BCUT2D eigenvalue weighted by atomic mass is 31.2. The van der Waals surface area contributed by atoms with E-state index in [0.717, 1.165) is 5.56 Å². The van der Waals surface area contributed by atoms with Crippen LogP contribution in [0.4, 0.5) is 0 Å². The summed E-state index contributed by atoms with van der Waals surface area (Å²) >= 11 is 0. The van der Waals surface area contributed by atoms with Gasteiger partial charge in [0.25, 0.3) is 8.32 Å². The Morgan fingerprint density at radius 3 is 1.69 bits per heavy atom. The molecule has 0 fully saturated rings. The van der Waals surface area contributed by atoms with Crippen molar-refractivity contribution in [3.63, 3.8) is 0 Å². The first-order chi connectivity index (χ1) is 18.7. The molecule has 0 saturated heterocycles. The lowest BCUT2D eigenvalue weighted by Crippen LogP contribution is -2.67. The van der Waals surface area contributed by atoms with Crippen LogP contribution in [0.3, 0.4) is 0 Å². The zero-order valence-electron chi connectivity index (χ0n) is 23.9. The standard InChI is InChI=1S/C31H43O6PSi/c1-6-35-38(32,36-7-2)26-34-28(24-33-23-27-17-11-8-12-18-27)25-37-39(31(3,4)5,29-19-13-9-14-20-29)30-21-15-10-16-22-30/h8-22,28H,6-7,23-26H2,1-5H3. The summed E-state index contributed by atoms with van der Waals surface area (Å²) in [7, 11) is -6.19. The molecule has 0 aliphatic carbocycles. The van der Waals surface area contributed by atoms with Gasteiger partial charge in [0, 0.05) is 0 Å². The van der Waals surface area contributed by atoms with Crippen molar-refractivity contribution in [3.05, 3.63) is 96.6 Å². The first-order valence-electron chi connectivity index (χ1n) is 13.6. The fourth-order valence-electron chi connectivity index (χ4n) is 4.71. The predicted octanol–water partition coefficient (Wildman–Crippen LogP) is 6.39. The van der Waals surface area contributed by atoms with Gasteiger partial charge >= 0.3 is 7.60 Å². The fraction of sp³-hybridized carbons (Fsp3) is 0.419. The molecule has 1 atom stereocenters. The van der Waals surface area contributed by atoms with Crippen molar-refractivity contribution in [2.24, 2.45) is 0 Å². The van der Waals surface area contributed by atoms with Crippen molar-refractivity contribution in [2.45, 2.75) is 52.4 Å². The molecule has 3 aromatic carbocycles. The predicted molar refractivity (Wildman–Crippen MR) is 160 cm³/mol. The summed E-state index contributed by atoms with van der Waals surface area (Å²) in [6.45, 7) is 11.8. The van der Waals surface area contributed by atoms with Crippen molar-refractivity contribution < 1.29 is 27.5 Å². The van der Waals surface area contributed by atoms with E-state index in [4.69, 9.17) is 22.9 Å². The van der Waals surface area contributed by atoms with Crippen molar-refractivity contribution in [2.75, 3.05) is 32.8 Å². The van der Waals surface area contributed by atoms with E-state index in [1.54, 1.807) is 13.8 Å². The van der Waals surface area contributed by atoms with Crippen LogP contribution in [-0.4, -0.2) is 47.2 Å². The molecule has 0 aliphatic rings. The van der Waals surface area contributed by atoms with E-state index in [-0.39, 0.29) is 37.8 Å². The molecule has 39 heavy (non-hydrogen) atoms. The maximum absolute atomic E-state index is 13.2. The van der Waals surface area contributed by atoms with Crippen LogP contribution in [0, 0.1) is 0 Å². The van der Waals surface area contributed by atoms with Gasteiger partial charge in [0.1, 0.15) is 12.5 Å². The molecular formula is C31H43O6PSi. The summed E-state index contributed by atoms with van der Waals surface area (Å²) in [6, 6.07) is 30.9. The van der Waals surface area contributed by atoms with Crippen molar-refractivity contribution in [1.82, 2.24) is 0 Å². The average Bonchev–Trinajstić information content (AvgIpc) is 2.93. The summed E-state index contributed by atoms with van der Waals surface area (Å²) in [6.07, 6.45) is -0.650. The van der Waals surface area contributed by atoms with E-state index < -0.39 is 22.0 Å². The molecule has 1 unspecified atom stereocenters. The molecule has 8 heteroatoms. The molecule has 0 amide bonds. The van der Waals surface area contributed by atoms with Gasteiger partial charge in [0.15, 0.2) is 0 Å². The van der Waals surface area contributed by atoms with E-state index >= 15 is 0 Å². The number of ether oxygens (including phenoxy) is 2. The third kappa shape index (κ3) is 8.69. The van der Waals surface area contributed by atoms with E-state index in [9.17, 15) is 4.57 Å². The van der Waals surface area contributed by atoms with E-state index in [1.165, 1.54) is 10.4 Å². The van der Waals surface area contributed by atoms with Crippen molar-refractivity contribution >= 4 is 26.3 Å². The lowest BCUT2D eigenvalue weighted by Gasteiger charge is -2.43. The Morgan fingerprint density at radius 2 is 1.23 bits per heavy atom. The second kappa shape index (κ2) is 15.1. The van der Waals surface area contributed by atoms with Crippen LogP contribution >= 0.6 is 7.60 Å². The topological polar surface area (TPSA) is 63.2 Å². The van der Waals surface area contributed by atoms with Crippen LogP contribution in [0.25, 0.3) is 0 Å². The van der Waals surface area contributed by atoms with E-state index in [2.05, 4.69) is 69.3 Å². The summed E-state index contributed by atoms with van der Waals surface area (Å²) in [4.78, 5) is 0. The smallest absolute Gasteiger partial charge is 0.356 e. The Bertz CT molecular complexity index is 1090. The molecular weight excluding hydrogens is 527 g/mol. The highest BCUT2D eigenvalue weighted by molar-refractivity contribution is 7.53. The summed E-state index contributed by atoms with van der Waals surface area (Å²) in [5, 5.41) is 2.18. The van der Waals surface area contributed by atoms with Gasteiger partial charge in [-0.25, -0.2) is 0 Å². The van der Waals surface area contributed by atoms with Crippen LogP contribution in [0.2, 0.25) is 5.04 Å². The largest absolute Gasteiger partial charge is 0.405 e. The molecule has 0 saturated carbocycles. The lowest BCUT2D eigenvalue weighted by atomic mass is 10.2. The highest BCUT2D eigenvalue weighted by Crippen LogP contribution is 2.48. The zero-order valence-corrected chi connectivity index (χ0v) is 25.8. The minimum Gasteiger partial charge on any atom is -0.405 e. The van der Waals surface area contributed by atoms with Gasteiger partial charge in [-0.05, 0) is 34.8 Å². The Hall–Kier alpha value is -2.09. The molecule has 0 spiro atoms. The lowest BCUT2D eigenvalue weighted by molar-refractivity contribution is -0.0337. The van der Waals surface area contributed by atoms with Crippen molar-refractivity contribution in [1.29, 1.82) is 0 Å². The monoisotopic (exact) mass is 570 g/mol. The third-order valence-electron chi connectivity index (χ3n) is 6.44. The Morgan fingerprint density at radius 1 is 0.744 bits per heavy atom. The molecule has 6 nitrogen and oxygen atoms in total. The van der Waals surface area contributed by atoms with Crippen LogP contribution in [0.5, 0.6) is 0 Å². The summed E-state index contributed by atoms with van der Waals surface area (Å²) in [5.41, 5.74) is 1.07. The second-order valence-electron chi connectivity index (χ2n) is 10.3. The Balaban J connectivity index is 1.89. The van der Waals surface area contributed by atoms with Gasteiger partial charge in [-0.3, -0.25) is 4.57 Å². The van der Waals surface area contributed by atoms with Crippen LogP contribution in [0.15, 0.2) is 91.0 Å². The van der Waals surface area contributed by atoms with Crippen LogP contribution in [-0.2, 0) is 34.1 Å². The van der Waals surface area contributed by atoms with Gasteiger partial charge in [0.05, 0.1) is 33.0 Å². The molecule has 3 rings (SSSR count). The summed E-state index contributed by atoms with van der Waals surface area (Å²) < 4.78 is 43.4. The first-order valence-corrected chi connectivity index (χ1v) is 17.2. The maximum atomic E-state index is 13.2. The normalized spacial score (nSPS) is 13.4. The first kappa shape index (κ1) is 31.4. The van der Waals surface area contributed by atoms with E-state index in [1.807, 2.05) is 42.5 Å². The van der Waals surface area contributed by atoms with Gasteiger partial charge in [-0.1, -0.05) is 112 Å². The molecule has 0 heterocycles. The molecule has 0 aliphatic heterocycles. The fourth-order valence-corrected chi connectivity index (χ4v) is 10.7. The molecule has 0 N–H and O–H groups in total. The minimum atomic E-state index is -3.40. The molecule has 0 bridgehead atoms. The van der Waals surface area contributed by atoms with Crippen LogP contribution < -0.4 is 10.4 Å². The second-order valence-corrected chi connectivity index (χ2v) is 16.6. The maximum Gasteiger partial charge on any atom is 0.356 e. The number of benzene rings is 3. The van der Waals surface area contributed by atoms with Gasteiger partial charge in [0.2, 0.25) is 0 Å². The SMILES string of the molecule is CCOP(=O)(COC(COCc1ccccc1)CO[Si](c1ccccc1)(c1ccccc1)C(C)(C)C)OCC. The molecule has 0 radical (unpaired) electrons.